The summed E-state index contributed by atoms with van der Waals surface area (Å²) in [5.74, 6) is 0.0571. The van der Waals surface area contributed by atoms with E-state index < -0.39 is 5.97 Å². The van der Waals surface area contributed by atoms with Gasteiger partial charge in [-0.2, -0.15) is 0 Å². The second-order valence-corrected chi connectivity index (χ2v) is 3.98. The molecule has 0 aromatic rings. The van der Waals surface area contributed by atoms with Crippen molar-refractivity contribution in [3.05, 3.63) is 0 Å². The van der Waals surface area contributed by atoms with Gasteiger partial charge < -0.3 is 5.11 Å². The minimum Gasteiger partial charge on any atom is -0.481 e. The molecule has 1 rings (SSSR count). The smallest absolute Gasteiger partial charge is 0.303 e. The van der Waals surface area contributed by atoms with Crippen LogP contribution in [0.2, 0.25) is 0 Å². The van der Waals surface area contributed by atoms with Crippen LogP contribution in [-0.2, 0) is 9.59 Å². The number of hydrogen-bond acceptors (Lipinski definition) is 2. The average molecular weight is 184 g/mol. The van der Waals surface area contributed by atoms with E-state index in [1.165, 1.54) is 0 Å². The molecular weight excluding hydrogens is 168 g/mol. The predicted molar refractivity (Wildman–Crippen MR) is 48.4 cm³/mol. The Morgan fingerprint density at radius 1 is 1.62 bits per heavy atom. The number of carboxylic acids is 1. The van der Waals surface area contributed by atoms with E-state index in [0.717, 1.165) is 12.8 Å². The largest absolute Gasteiger partial charge is 0.481 e. The summed E-state index contributed by atoms with van der Waals surface area (Å²) >= 11 is 0. The Balaban J connectivity index is 2.37. The minimum atomic E-state index is -0.800. The zero-order valence-corrected chi connectivity index (χ0v) is 7.95. The van der Waals surface area contributed by atoms with Crippen LogP contribution in [0.3, 0.4) is 0 Å². The Hall–Kier alpha value is -0.860. The highest BCUT2D eigenvalue weighted by atomic mass is 16.4. The van der Waals surface area contributed by atoms with Crippen LogP contribution in [0.5, 0.6) is 0 Å². The van der Waals surface area contributed by atoms with Crippen LogP contribution in [-0.4, -0.2) is 16.9 Å². The number of hydrogen-bond donors (Lipinski definition) is 1. The lowest BCUT2D eigenvalue weighted by molar-refractivity contribution is -0.137. The van der Waals surface area contributed by atoms with Gasteiger partial charge in [-0.1, -0.05) is 6.92 Å². The van der Waals surface area contributed by atoms with E-state index in [9.17, 15) is 9.59 Å². The standard InChI is InChI=1S/C10H16O3/c1-7-2-4-9(11)8(6-7)3-5-10(12)13/h7-8H,2-6H2,1H3,(H,12,13)/t7-,8-/m1/s1. The van der Waals surface area contributed by atoms with Crippen molar-refractivity contribution >= 4 is 11.8 Å². The van der Waals surface area contributed by atoms with Gasteiger partial charge in [0.15, 0.2) is 0 Å². The highest BCUT2D eigenvalue weighted by Crippen LogP contribution is 2.28. The lowest BCUT2D eigenvalue weighted by Gasteiger charge is -2.24. The van der Waals surface area contributed by atoms with Gasteiger partial charge in [0.2, 0.25) is 0 Å². The van der Waals surface area contributed by atoms with Crippen molar-refractivity contribution in [3.8, 4) is 0 Å². The predicted octanol–water partition coefficient (Wildman–Crippen LogP) is 1.86. The third-order valence-corrected chi connectivity index (χ3v) is 2.73. The van der Waals surface area contributed by atoms with Crippen LogP contribution in [0.25, 0.3) is 0 Å². The van der Waals surface area contributed by atoms with Crippen molar-refractivity contribution in [2.24, 2.45) is 11.8 Å². The topological polar surface area (TPSA) is 54.4 Å². The first-order valence-corrected chi connectivity index (χ1v) is 4.84. The first kappa shape index (κ1) is 10.2. The molecule has 1 aliphatic carbocycles. The molecule has 0 amide bonds. The summed E-state index contributed by atoms with van der Waals surface area (Å²) in [5, 5.41) is 8.48. The molecule has 0 spiro atoms. The first-order valence-electron chi connectivity index (χ1n) is 4.84. The number of carbonyl (C=O) groups excluding carboxylic acids is 1. The molecule has 0 aromatic heterocycles. The second kappa shape index (κ2) is 4.40. The lowest BCUT2D eigenvalue weighted by Crippen LogP contribution is -2.24. The SMILES string of the molecule is C[C@@H]1CCC(=O)[C@H](CCC(=O)O)C1. The highest BCUT2D eigenvalue weighted by molar-refractivity contribution is 5.82. The van der Waals surface area contributed by atoms with Crippen LogP contribution in [0, 0.1) is 11.8 Å². The van der Waals surface area contributed by atoms with E-state index >= 15 is 0 Å². The Bertz CT molecular complexity index is 210. The highest BCUT2D eigenvalue weighted by Gasteiger charge is 2.26. The summed E-state index contributed by atoms with van der Waals surface area (Å²) in [5.41, 5.74) is 0. The maximum Gasteiger partial charge on any atom is 0.303 e. The Morgan fingerprint density at radius 3 is 2.92 bits per heavy atom. The number of carboxylic acid groups (broad SMARTS) is 1. The van der Waals surface area contributed by atoms with Crippen molar-refractivity contribution in [1.29, 1.82) is 0 Å². The van der Waals surface area contributed by atoms with E-state index in [4.69, 9.17) is 5.11 Å². The second-order valence-electron chi connectivity index (χ2n) is 3.98. The van der Waals surface area contributed by atoms with Gasteiger partial charge in [-0.25, -0.2) is 0 Å². The van der Waals surface area contributed by atoms with Crippen molar-refractivity contribution in [2.75, 3.05) is 0 Å². The normalized spacial score (nSPS) is 28.8. The van der Waals surface area contributed by atoms with Gasteiger partial charge in [0.25, 0.3) is 0 Å². The van der Waals surface area contributed by atoms with E-state index in [1.54, 1.807) is 0 Å². The molecule has 1 N–H and O–H groups in total. The third kappa shape index (κ3) is 3.17. The fourth-order valence-corrected chi connectivity index (χ4v) is 1.90. The third-order valence-electron chi connectivity index (χ3n) is 2.73. The molecule has 2 atom stereocenters. The van der Waals surface area contributed by atoms with Crippen molar-refractivity contribution in [1.82, 2.24) is 0 Å². The van der Waals surface area contributed by atoms with Crippen LogP contribution < -0.4 is 0 Å². The van der Waals surface area contributed by atoms with E-state index in [0.29, 0.717) is 18.8 Å². The molecule has 0 saturated heterocycles. The fraction of sp³-hybridized carbons (Fsp3) is 0.800. The van der Waals surface area contributed by atoms with Gasteiger partial charge in [-0.3, -0.25) is 9.59 Å². The summed E-state index contributed by atoms with van der Waals surface area (Å²) in [6.07, 6.45) is 3.15. The Labute approximate surface area is 78.1 Å². The molecule has 1 saturated carbocycles. The molecule has 0 bridgehead atoms. The molecule has 0 heterocycles. The van der Waals surface area contributed by atoms with E-state index in [2.05, 4.69) is 6.92 Å². The molecule has 0 unspecified atom stereocenters. The van der Waals surface area contributed by atoms with Gasteiger partial charge in [-0.05, 0) is 25.2 Å². The lowest BCUT2D eigenvalue weighted by atomic mass is 9.79. The summed E-state index contributed by atoms with van der Waals surface area (Å²) in [6.45, 7) is 2.13. The van der Waals surface area contributed by atoms with Crippen molar-refractivity contribution in [2.45, 2.75) is 39.0 Å². The molecule has 3 heteroatoms. The van der Waals surface area contributed by atoms with Gasteiger partial charge in [0, 0.05) is 18.8 Å². The molecule has 0 aliphatic heterocycles. The monoisotopic (exact) mass is 184 g/mol. The molecule has 1 fully saturated rings. The quantitative estimate of drug-likeness (QED) is 0.728. The van der Waals surface area contributed by atoms with E-state index in [-0.39, 0.29) is 18.1 Å². The molecule has 74 valence electrons. The number of aliphatic carboxylic acids is 1. The number of ketones is 1. The summed E-state index contributed by atoms with van der Waals surface area (Å²) < 4.78 is 0. The summed E-state index contributed by atoms with van der Waals surface area (Å²) in [4.78, 5) is 21.7. The van der Waals surface area contributed by atoms with Crippen LogP contribution in [0.4, 0.5) is 0 Å². The van der Waals surface area contributed by atoms with Crippen LogP contribution >= 0.6 is 0 Å². The zero-order chi connectivity index (χ0) is 9.84. The summed E-state index contributed by atoms with van der Waals surface area (Å²) in [7, 11) is 0. The molecule has 0 radical (unpaired) electrons. The van der Waals surface area contributed by atoms with Gasteiger partial charge in [0.1, 0.15) is 5.78 Å². The van der Waals surface area contributed by atoms with Crippen LogP contribution in [0.15, 0.2) is 0 Å². The van der Waals surface area contributed by atoms with Gasteiger partial charge in [-0.15, -0.1) is 0 Å². The molecular formula is C10H16O3. The molecule has 1 aliphatic rings. The number of carbonyl (C=O) groups is 2. The van der Waals surface area contributed by atoms with Gasteiger partial charge in [0.05, 0.1) is 0 Å². The summed E-state index contributed by atoms with van der Waals surface area (Å²) in [6, 6.07) is 0. The maximum atomic E-state index is 11.4. The maximum absolute atomic E-state index is 11.4. The molecule has 13 heavy (non-hydrogen) atoms. The van der Waals surface area contributed by atoms with Gasteiger partial charge >= 0.3 is 5.97 Å². The Kier molecular flexibility index (Phi) is 3.46. The van der Waals surface area contributed by atoms with Crippen molar-refractivity contribution < 1.29 is 14.7 Å². The number of Topliss-reactive ketones (excluding diaryl/α,β-unsaturated/α-hetero) is 1. The first-order chi connectivity index (χ1) is 6.09. The average Bonchev–Trinajstić information content (AvgIpc) is 2.06. The molecule has 3 nitrogen and oxygen atoms in total. The van der Waals surface area contributed by atoms with E-state index in [1.807, 2.05) is 0 Å². The molecule has 0 aromatic carbocycles. The minimum absolute atomic E-state index is 0.0137. The zero-order valence-electron chi connectivity index (χ0n) is 7.95. The number of rotatable bonds is 3. The Morgan fingerprint density at radius 2 is 2.31 bits per heavy atom. The fourth-order valence-electron chi connectivity index (χ4n) is 1.90. The van der Waals surface area contributed by atoms with Crippen molar-refractivity contribution in [3.63, 3.8) is 0 Å². The van der Waals surface area contributed by atoms with Crippen LogP contribution in [0.1, 0.15) is 39.0 Å².